The summed E-state index contributed by atoms with van der Waals surface area (Å²) in [4.78, 5) is 0. The second-order valence-electron chi connectivity index (χ2n) is 18.1. The van der Waals surface area contributed by atoms with Crippen LogP contribution in [0.2, 0.25) is 0 Å². The third-order valence-electron chi connectivity index (χ3n) is 15.8. The van der Waals surface area contributed by atoms with Crippen LogP contribution >= 0.6 is 0 Å². The van der Waals surface area contributed by atoms with Crippen molar-refractivity contribution in [3.63, 3.8) is 0 Å². The van der Waals surface area contributed by atoms with Gasteiger partial charge in [-0.3, -0.25) is 0 Å². The van der Waals surface area contributed by atoms with Gasteiger partial charge in [-0.05, 0) is 135 Å². The highest BCUT2D eigenvalue weighted by molar-refractivity contribution is 7.81. The SMILES string of the molecule is CC1(C)CCC[C@]2(C)O[C@H]3CC[C@](C)([C@@H]4CC[C@]5(C)[C@@H]4CC[C@]4(C)c6c(OS(=O)(=O)[O-])ccc(OS(=O)(=O)[O-])c6C[C@@H]54)[C@]3(C)CC[C@@H]12. The largest absolute Gasteiger partial charge is 0.716 e. The van der Waals surface area contributed by atoms with Crippen LogP contribution in [0.5, 0.6) is 11.5 Å². The van der Waals surface area contributed by atoms with Gasteiger partial charge in [0, 0.05) is 16.5 Å². The molecule has 4 saturated carbocycles. The number of benzene rings is 1. The van der Waals surface area contributed by atoms with Gasteiger partial charge in [-0.1, -0.05) is 48.0 Å². The van der Waals surface area contributed by atoms with Crippen molar-refractivity contribution in [2.24, 2.45) is 45.3 Å². The third-order valence-corrected chi connectivity index (χ3v) is 16.5. The van der Waals surface area contributed by atoms with E-state index < -0.39 is 26.2 Å². The Labute approximate surface area is 281 Å². The van der Waals surface area contributed by atoms with E-state index in [-0.39, 0.29) is 50.8 Å². The molecule has 1 aromatic rings. The van der Waals surface area contributed by atoms with Crippen molar-refractivity contribution in [2.45, 2.75) is 143 Å². The summed E-state index contributed by atoms with van der Waals surface area (Å²) in [5.74, 6) is 1.25. The van der Waals surface area contributed by atoms with Gasteiger partial charge in [0.1, 0.15) is 11.5 Å². The number of hydrogen-bond donors (Lipinski definition) is 0. The Kier molecular flexibility index (Phi) is 7.49. The Morgan fingerprint density at radius 1 is 0.702 bits per heavy atom. The van der Waals surface area contributed by atoms with E-state index in [9.17, 15) is 25.9 Å². The molecule has 1 aromatic carbocycles. The van der Waals surface area contributed by atoms with Crippen molar-refractivity contribution in [3.05, 3.63) is 23.3 Å². The van der Waals surface area contributed by atoms with E-state index in [1.807, 2.05) is 0 Å². The molecule has 47 heavy (non-hydrogen) atoms. The molecule has 0 bridgehead atoms. The first-order valence-corrected chi connectivity index (χ1v) is 20.4. The summed E-state index contributed by atoms with van der Waals surface area (Å²) in [5.41, 5.74) is 0.525. The lowest BCUT2D eigenvalue weighted by Gasteiger charge is -2.56. The van der Waals surface area contributed by atoms with E-state index in [1.54, 1.807) is 0 Å². The summed E-state index contributed by atoms with van der Waals surface area (Å²) in [6, 6.07) is 2.49. The first kappa shape index (κ1) is 34.1. The second kappa shape index (κ2) is 10.3. The van der Waals surface area contributed by atoms with Gasteiger partial charge in [0.25, 0.3) is 20.8 Å². The lowest BCUT2D eigenvalue weighted by atomic mass is 9.48. The molecular formula is C36H52O9S2-2. The van der Waals surface area contributed by atoms with Gasteiger partial charge in [0.05, 0.1) is 11.7 Å². The Morgan fingerprint density at radius 3 is 2.00 bits per heavy atom. The van der Waals surface area contributed by atoms with Crippen LogP contribution in [0.25, 0.3) is 0 Å². The molecule has 6 aliphatic rings. The zero-order chi connectivity index (χ0) is 34.2. The molecule has 0 amide bonds. The average Bonchev–Trinajstić information content (AvgIpc) is 3.49. The first-order valence-electron chi connectivity index (χ1n) is 17.7. The van der Waals surface area contributed by atoms with E-state index in [1.165, 1.54) is 37.8 Å². The normalized spacial score (nSPS) is 45.6. The van der Waals surface area contributed by atoms with Crippen molar-refractivity contribution >= 4 is 20.8 Å². The Hall–Kier alpha value is -1.40. The van der Waals surface area contributed by atoms with Gasteiger partial charge in [-0.2, -0.15) is 0 Å². The van der Waals surface area contributed by atoms with Crippen LogP contribution < -0.4 is 8.37 Å². The molecule has 11 heteroatoms. The lowest BCUT2D eigenvalue weighted by molar-refractivity contribution is -0.179. The summed E-state index contributed by atoms with van der Waals surface area (Å²) in [6.45, 7) is 16.8. The Balaban J connectivity index is 1.24. The molecule has 0 unspecified atom stereocenters. The summed E-state index contributed by atoms with van der Waals surface area (Å²) in [7, 11) is -10.2. The van der Waals surface area contributed by atoms with Crippen LogP contribution in [0.1, 0.15) is 130 Å². The summed E-state index contributed by atoms with van der Waals surface area (Å²) >= 11 is 0. The lowest BCUT2D eigenvalue weighted by Crippen LogP contribution is -2.52. The highest BCUT2D eigenvalue weighted by Crippen LogP contribution is 2.74. The van der Waals surface area contributed by atoms with E-state index in [0.717, 1.165) is 44.9 Å². The molecule has 5 fully saturated rings. The molecular weight excluding hydrogens is 641 g/mol. The van der Waals surface area contributed by atoms with Gasteiger partial charge in [-0.25, -0.2) is 16.8 Å². The molecule has 1 saturated heterocycles. The topological polar surface area (TPSA) is 142 Å². The van der Waals surface area contributed by atoms with E-state index in [0.29, 0.717) is 35.3 Å². The molecule has 0 radical (unpaired) electrons. The van der Waals surface area contributed by atoms with Crippen LogP contribution in [-0.4, -0.2) is 37.6 Å². The maximum Gasteiger partial charge on any atom is 0.262 e. The average molecular weight is 693 g/mol. The fourth-order valence-electron chi connectivity index (χ4n) is 13.5. The molecule has 1 heterocycles. The molecule has 0 N–H and O–H groups in total. The molecule has 0 spiro atoms. The minimum absolute atomic E-state index is 0.0196. The maximum atomic E-state index is 11.8. The summed E-state index contributed by atoms with van der Waals surface area (Å²) in [6.07, 6.45) is 12.6. The number of hydrogen-bond acceptors (Lipinski definition) is 9. The Morgan fingerprint density at radius 2 is 1.32 bits per heavy atom. The fourth-order valence-corrected chi connectivity index (χ4v) is 14.2. The molecule has 7 rings (SSSR count). The predicted octanol–water partition coefficient (Wildman–Crippen LogP) is 7.19. The quantitative estimate of drug-likeness (QED) is 0.231. The third kappa shape index (κ3) is 4.97. The standard InChI is InChI=1S/C36H54O9S2/c1-31(2)15-8-16-36(7)27(31)13-19-35(6)29(43-36)14-20-34(35,5)24-12-17-32(3)23(24)11-18-33(4)28(32)21-22-25(44-46(37,38)39)9-10-26(30(22)33)45-47(40,41)42/h9-10,23-24,27-29H,8,11-21H2,1-7H3,(H,37,38,39)(H,40,41,42)/p-2/t23-,24-,27+,28+,29+,32-,33+,34-,35-,36+/m1/s1. The molecule has 1 aliphatic heterocycles. The van der Waals surface area contributed by atoms with Gasteiger partial charge >= 0.3 is 0 Å². The van der Waals surface area contributed by atoms with Crippen molar-refractivity contribution in [3.8, 4) is 11.5 Å². The fraction of sp³-hybridized carbons (Fsp3) is 0.833. The molecule has 9 nitrogen and oxygen atoms in total. The highest BCUT2D eigenvalue weighted by atomic mass is 32.3. The minimum Gasteiger partial charge on any atom is -0.716 e. The van der Waals surface area contributed by atoms with Gasteiger partial charge in [0.15, 0.2) is 0 Å². The van der Waals surface area contributed by atoms with Crippen molar-refractivity contribution in [1.29, 1.82) is 0 Å². The number of fused-ring (bicyclic) bond motifs is 7. The van der Waals surface area contributed by atoms with Gasteiger partial charge in [0.2, 0.25) is 0 Å². The summed E-state index contributed by atoms with van der Waals surface area (Å²) in [5, 5.41) is 0. The van der Waals surface area contributed by atoms with Crippen LogP contribution in [-0.2, 0) is 37.4 Å². The number of rotatable bonds is 5. The molecule has 5 aliphatic carbocycles. The van der Waals surface area contributed by atoms with Crippen LogP contribution in [0.4, 0.5) is 0 Å². The van der Waals surface area contributed by atoms with Crippen LogP contribution in [0.3, 0.4) is 0 Å². The predicted molar refractivity (Wildman–Crippen MR) is 174 cm³/mol. The van der Waals surface area contributed by atoms with Crippen molar-refractivity contribution in [1.82, 2.24) is 0 Å². The van der Waals surface area contributed by atoms with Crippen LogP contribution in [0, 0.1) is 45.3 Å². The minimum atomic E-state index is -5.10. The second-order valence-corrected chi connectivity index (χ2v) is 20.1. The first-order chi connectivity index (χ1) is 21.6. The summed E-state index contributed by atoms with van der Waals surface area (Å²) < 4.78 is 87.8. The van der Waals surface area contributed by atoms with E-state index >= 15 is 0 Å². The maximum absolute atomic E-state index is 11.8. The molecule has 10 atom stereocenters. The zero-order valence-electron chi connectivity index (χ0n) is 29.0. The van der Waals surface area contributed by atoms with E-state index in [2.05, 4.69) is 48.5 Å². The molecule has 0 aromatic heterocycles. The zero-order valence-corrected chi connectivity index (χ0v) is 30.7. The highest BCUT2D eigenvalue weighted by Gasteiger charge is 2.69. The molecule has 264 valence electrons. The monoisotopic (exact) mass is 692 g/mol. The van der Waals surface area contributed by atoms with Gasteiger partial charge < -0.3 is 22.2 Å². The number of ether oxygens (including phenoxy) is 1. The van der Waals surface area contributed by atoms with Crippen molar-refractivity contribution in [2.75, 3.05) is 0 Å². The van der Waals surface area contributed by atoms with E-state index in [4.69, 9.17) is 13.1 Å². The Bertz CT molecular complexity index is 1690. The smallest absolute Gasteiger partial charge is 0.262 e. The van der Waals surface area contributed by atoms with Gasteiger partial charge in [-0.15, -0.1) is 0 Å². The van der Waals surface area contributed by atoms with Crippen molar-refractivity contribution < 1.29 is 39.0 Å². The van der Waals surface area contributed by atoms with Crippen LogP contribution in [0.15, 0.2) is 12.1 Å².